The number of carbonyl (C=O) groups is 1. The van der Waals surface area contributed by atoms with Gasteiger partial charge in [-0.15, -0.1) is 0 Å². The second-order valence-corrected chi connectivity index (χ2v) is 5.11. The van der Waals surface area contributed by atoms with Gasteiger partial charge in [-0.3, -0.25) is 4.79 Å². The molecular weight excluding hydrogens is 324 g/mol. The Morgan fingerprint density at radius 3 is 2.90 bits per heavy atom. The number of hydrogen-bond donors (Lipinski definition) is 1. The highest BCUT2D eigenvalue weighted by molar-refractivity contribution is 9.10. The molecule has 6 heteroatoms. The minimum atomic E-state index is -0.814. The van der Waals surface area contributed by atoms with Gasteiger partial charge in [0.25, 0.3) is 0 Å². The van der Waals surface area contributed by atoms with Crippen LogP contribution in [0.4, 0.5) is 0 Å². The molecule has 5 nitrogen and oxygen atoms in total. The Labute approximate surface area is 125 Å². The van der Waals surface area contributed by atoms with E-state index in [1.807, 2.05) is 31.2 Å². The Morgan fingerprint density at radius 1 is 1.50 bits per heavy atom. The number of hydrogen-bond acceptors (Lipinski definition) is 3. The zero-order chi connectivity index (χ0) is 14.7. The van der Waals surface area contributed by atoms with Gasteiger partial charge in [0.15, 0.2) is 0 Å². The van der Waals surface area contributed by atoms with Crippen molar-refractivity contribution < 1.29 is 14.6 Å². The Balaban J connectivity index is 2.37. The fraction of sp³-hybridized carbons (Fsp3) is 0.286. The van der Waals surface area contributed by atoms with Crippen molar-refractivity contribution in [2.45, 2.75) is 19.8 Å². The van der Waals surface area contributed by atoms with Gasteiger partial charge in [-0.2, -0.15) is 5.10 Å². The van der Waals surface area contributed by atoms with Crippen LogP contribution in [0.2, 0.25) is 0 Å². The van der Waals surface area contributed by atoms with Crippen LogP contribution in [0.1, 0.15) is 17.7 Å². The average molecular weight is 339 g/mol. The molecule has 0 saturated heterocycles. The number of aromatic nitrogens is 2. The second kappa shape index (κ2) is 6.09. The zero-order valence-electron chi connectivity index (χ0n) is 11.3. The van der Waals surface area contributed by atoms with Crippen molar-refractivity contribution in [3.05, 3.63) is 40.1 Å². The van der Waals surface area contributed by atoms with Gasteiger partial charge in [-0.25, -0.2) is 4.68 Å². The Hall–Kier alpha value is -1.82. The minimum absolute atomic E-state index is 0.0866. The molecule has 1 heterocycles. The maximum Gasteiger partial charge on any atom is 0.303 e. The van der Waals surface area contributed by atoms with Gasteiger partial charge in [0.2, 0.25) is 0 Å². The third-order valence-electron chi connectivity index (χ3n) is 3.01. The number of carboxylic acids is 1. The highest BCUT2D eigenvalue weighted by Gasteiger charge is 2.15. The van der Waals surface area contributed by atoms with Crippen LogP contribution in [0.15, 0.2) is 28.9 Å². The quantitative estimate of drug-likeness (QED) is 0.910. The van der Waals surface area contributed by atoms with Crippen LogP contribution in [0.25, 0.3) is 5.69 Å². The fourth-order valence-electron chi connectivity index (χ4n) is 1.96. The molecule has 0 aliphatic carbocycles. The van der Waals surface area contributed by atoms with Gasteiger partial charge in [-0.1, -0.05) is 6.07 Å². The van der Waals surface area contributed by atoms with Crippen LogP contribution in [-0.4, -0.2) is 28.0 Å². The van der Waals surface area contributed by atoms with Gasteiger partial charge in [0.1, 0.15) is 10.4 Å². The van der Waals surface area contributed by atoms with E-state index in [9.17, 15) is 4.79 Å². The highest BCUT2D eigenvalue weighted by Crippen LogP contribution is 2.26. The van der Waals surface area contributed by atoms with Crippen molar-refractivity contribution in [2.75, 3.05) is 7.11 Å². The van der Waals surface area contributed by atoms with E-state index in [-0.39, 0.29) is 6.42 Å². The van der Waals surface area contributed by atoms with Gasteiger partial charge in [-0.05, 0) is 41.4 Å². The summed E-state index contributed by atoms with van der Waals surface area (Å²) in [6, 6.07) is 7.53. The molecule has 0 saturated carbocycles. The first-order chi connectivity index (χ1) is 9.52. The third-order valence-corrected chi connectivity index (χ3v) is 3.82. The highest BCUT2D eigenvalue weighted by atomic mass is 79.9. The molecule has 0 spiro atoms. The summed E-state index contributed by atoms with van der Waals surface area (Å²) in [5, 5.41) is 13.2. The molecule has 0 fully saturated rings. The molecule has 1 aromatic heterocycles. The van der Waals surface area contributed by atoms with E-state index < -0.39 is 5.97 Å². The molecule has 2 aromatic rings. The van der Waals surface area contributed by atoms with Crippen LogP contribution in [0, 0.1) is 6.92 Å². The summed E-state index contributed by atoms with van der Waals surface area (Å²) in [4.78, 5) is 10.7. The lowest BCUT2D eigenvalue weighted by Crippen LogP contribution is -1.99. The lowest BCUT2D eigenvalue weighted by atomic mass is 10.1. The van der Waals surface area contributed by atoms with E-state index in [1.165, 1.54) is 0 Å². The smallest absolute Gasteiger partial charge is 0.303 e. The second-order valence-electron chi connectivity index (χ2n) is 4.36. The van der Waals surface area contributed by atoms with Gasteiger partial charge in [0, 0.05) is 18.1 Å². The van der Waals surface area contributed by atoms with Crippen LogP contribution in [0.5, 0.6) is 5.75 Å². The van der Waals surface area contributed by atoms with Crippen molar-refractivity contribution in [1.82, 2.24) is 9.78 Å². The number of rotatable bonds is 5. The Morgan fingerprint density at radius 2 is 2.25 bits per heavy atom. The summed E-state index contributed by atoms with van der Waals surface area (Å²) in [6.07, 6.45) is 0.537. The number of aliphatic carboxylic acids is 1. The molecule has 0 unspecified atom stereocenters. The average Bonchev–Trinajstić information content (AvgIpc) is 2.72. The van der Waals surface area contributed by atoms with Crippen LogP contribution < -0.4 is 4.74 Å². The normalized spacial score (nSPS) is 10.6. The summed E-state index contributed by atoms with van der Waals surface area (Å²) in [6.45, 7) is 1.87. The van der Waals surface area contributed by atoms with Gasteiger partial charge >= 0.3 is 5.97 Å². The van der Waals surface area contributed by atoms with Gasteiger partial charge in [0.05, 0.1) is 18.5 Å². The number of carboxylic acid groups (broad SMARTS) is 1. The first-order valence-corrected chi connectivity index (χ1v) is 6.92. The number of benzene rings is 1. The number of halogens is 1. The van der Waals surface area contributed by atoms with Crippen molar-refractivity contribution in [3.63, 3.8) is 0 Å². The molecule has 0 aliphatic rings. The molecule has 0 atom stereocenters. The van der Waals surface area contributed by atoms with Gasteiger partial charge < -0.3 is 9.84 Å². The van der Waals surface area contributed by atoms with E-state index in [1.54, 1.807) is 11.8 Å². The number of aryl methyl sites for hydroxylation is 1. The molecule has 0 amide bonds. The molecule has 2 rings (SSSR count). The topological polar surface area (TPSA) is 64.4 Å². The summed E-state index contributed by atoms with van der Waals surface area (Å²) < 4.78 is 7.73. The minimum Gasteiger partial charge on any atom is -0.497 e. The van der Waals surface area contributed by atoms with Crippen molar-refractivity contribution >= 4 is 21.9 Å². The standard InChI is InChI=1S/C14H15BrN2O3/c1-9-12(6-7-13(18)19)14(15)17(16-9)10-4-3-5-11(8-10)20-2/h3-5,8H,6-7H2,1-2H3,(H,18,19). The molecule has 20 heavy (non-hydrogen) atoms. The lowest BCUT2D eigenvalue weighted by molar-refractivity contribution is -0.136. The monoisotopic (exact) mass is 338 g/mol. The third kappa shape index (κ3) is 3.01. The van der Waals surface area contributed by atoms with E-state index in [0.717, 1.165) is 27.3 Å². The Bertz CT molecular complexity index is 637. The number of methoxy groups -OCH3 is 1. The van der Waals surface area contributed by atoms with E-state index in [4.69, 9.17) is 9.84 Å². The van der Waals surface area contributed by atoms with Crippen molar-refractivity contribution in [3.8, 4) is 11.4 Å². The molecule has 0 bridgehead atoms. The molecular formula is C14H15BrN2O3. The largest absolute Gasteiger partial charge is 0.497 e. The van der Waals surface area contributed by atoms with E-state index in [2.05, 4.69) is 21.0 Å². The molecule has 106 valence electrons. The number of nitrogens with zero attached hydrogens (tertiary/aromatic N) is 2. The van der Waals surface area contributed by atoms with Crippen LogP contribution >= 0.6 is 15.9 Å². The molecule has 0 aliphatic heterocycles. The maximum absolute atomic E-state index is 10.7. The van der Waals surface area contributed by atoms with Crippen LogP contribution in [0.3, 0.4) is 0 Å². The zero-order valence-corrected chi connectivity index (χ0v) is 12.8. The molecule has 1 N–H and O–H groups in total. The first kappa shape index (κ1) is 14.6. The van der Waals surface area contributed by atoms with E-state index >= 15 is 0 Å². The predicted octanol–water partition coefficient (Wildman–Crippen LogP) is 2.97. The Kier molecular flexibility index (Phi) is 4.44. The van der Waals surface area contributed by atoms with Crippen molar-refractivity contribution in [1.29, 1.82) is 0 Å². The van der Waals surface area contributed by atoms with Crippen molar-refractivity contribution in [2.24, 2.45) is 0 Å². The molecule has 0 radical (unpaired) electrons. The summed E-state index contributed by atoms with van der Waals surface area (Å²) >= 11 is 3.50. The maximum atomic E-state index is 10.7. The molecule has 1 aromatic carbocycles. The lowest BCUT2D eigenvalue weighted by Gasteiger charge is -2.06. The first-order valence-electron chi connectivity index (χ1n) is 6.13. The summed E-state index contributed by atoms with van der Waals surface area (Å²) in [5.74, 6) is -0.0694. The summed E-state index contributed by atoms with van der Waals surface area (Å²) in [5.41, 5.74) is 2.59. The van der Waals surface area contributed by atoms with Crippen LogP contribution in [-0.2, 0) is 11.2 Å². The fourth-order valence-corrected chi connectivity index (χ4v) is 2.73. The van der Waals surface area contributed by atoms with E-state index in [0.29, 0.717) is 6.42 Å². The number of ether oxygens (including phenoxy) is 1. The SMILES string of the molecule is COc1cccc(-n2nc(C)c(CCC(=O)O)c2Br)c1. The predicted molar refractivity (Wildman–Crippen MR) is 78.5 cm³/mol. The summed E-state index contributed by atoms with van der Waals surface area (Å²) in [7, 11) is 1.61.